The summed E-state index contributed by atoms with van der Waals surface area (Å²) in [7, 11) is 1.40. The van der Waals surface area contributed by atoms with E-state index in [2.05, 4.69) is 10.4 Å². The van der Waals surface area contributed by atoms with Crippen molar-refractivity contribution in [1.82, 2.24) is 15.1 Å². The molecule has 0 fully saturated rings. The molecule has 1 aromatic carbocycles. The molecule has 0 amide bonds. The molecule has 0 aliphatic heterocycles. The van der Waals surface area contributed by atoms with Crippen molar-refractivity contribution < 1.29 is 9.53 Å². The van der Waals surface area contributed by atoms with E-state index in [-0.39, 0.29) is 5.97 Å². The molecule has 1 atom stereocenters. The van der Waals surface area contributed by atoms with E-state index >= 15 is 0 Å². The predicted molar refractivity (Wildman–Crippen MR) is 75.9 cm³/mol. The highest BCUT2D eigenvalue weighted by atomic mass is 16.5. The number of benzene rings is 1. The summed E-state index contributed by atoms with van der Waals surface area (Å²) >= 11 is 0. The van der Waals surface area contributed by atoms with Gasteiger partial charge in [-0.25, -0.2) is 4.79 Å². The first kappa shape index (κ1) is 14.3. The van der Waals surface area contributed by atoms with Crippen LogP contribution < -0.4 is 5.32 Å². The summed E-state index contributed by atoms with van der Waals surface area (Å²) < 4.78 is 6.76. The summed E-state index contributed by atoms with van der Waals surface area (Å²) in [6.45, 7) is 3.40. The maximum atomic E-state index is 11.9. The number of hydrogen-bond donors (Lipinski definition) is 1. The van der Waals surface area contributed by atoms with Crippen LogP contribution in [0.4, 0.5) is 0 Å². The first-order valence-electron chi connectivity index (χ1n) is 6.63. The van der Waals surface area contributed by atoms with Gasteiger partial charge < -0.3 is 4.74 Å². The molecule has 2 aromatic rings. The normalized spacial score (nSPS) is 12.1. The van der Waals surface area contributed by atoms with Gasteiger partial charge in [-0.05, 0) is 18.6 Å². The number of esters is 1. The average molecular weight is 273 g/mol. The smallest absolute Gasteiger partial charge is 0.327 e. The van der Waals surface area contributed by atoms with Gasteiger partial charge in [0.2, 0.25) is 0 Å². The van der Waals surface area contributed by atoms with Crippen LogP contribution in [0.15, 0.2) is 42.6 Å². The second kappa shape index (κ2) is 6.86. The van der Waals surface area contributed by atoms with Gasteiger partial charge in [-0.15, -0.1) is 0 Å². The summed E-state index contributed by atoms with van der Waals surface area (Å²) in [5.41, 5.74) is 1.93. The Labute approximate surface area is 118 Å². The number of nitrogens with one attached hydrogen (secondary N) is 1. The largest absolute Gasteiger partial charge is 0.468 e. The quantitative estimate of drug-likeness (QED) is 0.817. The van der Waals surface area contributed by atoms with Crippen molar-refractivity contribution in [3.63, 3.8) is 0 Å². The van der Waals surface area contributed by atoms with Crippen molar-refractivity contribution >= 4 is 5.97 Å². The molecular formula is C15H19N3O2. The van der Waals surface area contributed by atoms with Crippen LogP contribution in [0, 0.1) is 0 Å². The lowest BCUT2D eigenvalue weighted by atomic mass is 10.1. The summed E-state index contributed by atoms with van der Waals surface area (Å²) in [5, 5.41) is 7.44. The standard InChI is InChI=1S/C15H19N3O2/c1-3-18-13(9-10-17-18)11-16-14(15(19)20-2)12-7-5-4-6-8-12/h4-10,14,16H,3,11H2,1-2H3. The summed E-state index contributed by atoms with van der Waals surface area (Å²) in [4.78, 5) is 11.9. The summed E-state index contributed by atoms with van der Waals surface area (Å²) in [6.07, 6.45) is 1.76. The van der Waals surface area contributed by atoms with Crippen LogP contribution in [0.25, 0.3) is 0 Å². The van der Waals surface area contributed by atoms with Gasteiger partial charge in [0.05, 0.1) is 12.8 Å². The van der Waals surface area contributed by atoms with Crippen LogP contribution >= 0.6 is 0 Å². The second-order valence-electron chi connectivity index (χ2n) is 4.39. The number of ether oxygens (including phenoxy) is 1. The van der Waals surface area contributed by atoms with Crippen molar-refractivity contribution in [1.29, 1.82) is 0 Å². The molecule has 1 unspecified atom stereocenters. The third-order valence-electron chi connectivity index (χ3n) is 3.16. The third kappa shape index (κ3) is 3.24. The first-order valence-corrected chi connectivity index (χ1v) is 6.63. The van der Waals surface area contributed by atoms with Gasteiger partial charge in [0.25, 0.3) is 0 Å². The maximum absolute atomic E-state index is 11.9. The van der Waals surface area contributed by atoms with E-state index in [1.807, 2.05) is 48.0 Å². The molecule has 0 bridgehead atoms. The molecule has 2 rings (SSSR count). The average Bonchev–Trinajstić information content (AvgIpc) is 2.95. The minimum absolute atomic E-state index is 0.293. The second-order valence-corrected chi connectivity index (χ2v) is 4.39. The van der Waals surface area contributed by atoms with Crippen LogP contribution in [0.5, 0.6) is 0 Å². The zero-order valence-corrected chi connectivity index (χ0v) is 11.7. The van der Waals surface area contributed by atoms with Crippen molar-refractivity contribution in [2.75, 3.05) is 7.11 Å². The topological polar surface area (TPSA) is 56.2 Å². The Hall–Kier alpha value is -2.14. The lowest BCUT2D eigenvalue weighted by Crippen LogP contribution is -2.30. The molecule has 5 heteroatoms. The van der Waals surface area contributed by atoms with Crippen LogP contribution in [0.3, 0.4) is 0 Å². The lowest BCUT2D eigenvalue weighted by Gasteiger charge is -2.17. The van der Waals surface area contributed by atoms with E-state index in [9.17, 15) is 4.79 Å². The molecule has 0 saturated heterocycles. The predicted octanol–water partition coefficient (Wildman–Crippen LogP) is 1.91. The molecular weight excluding hydrogens is 254 g/mol. The van der Waals surface area contributed by atoms with E-state index < -0.39 is 6.04 Å². The van der Waals surface area contributed by atoms with E-state index in [4.69, 9.17) is 4.74 Å². The molecule has 0 aliphatic rings. The Balaban J connectivity index is 2.11. The number of carbonyl (C=O) groups excluding carboxylic acids is 1. The molecule has 1 N–H and O–H groups in total. The maximum Gasteiger partial charge on any atom is 0.327 e. The van der Waals surface area contributed by atoms with Gasteiger partial charge >= 0.3 is 5.97 Å². The van der Waals surface area contributed by atoms with Gasteiger partial charge in [-0.3, -0.25) is 10.00 Å². The van der Waals surface area contributed by atoms with E-state index in [0.717, 1.165) is 17.8 Å². The van der Waals surface area contributed by atoms with Crippen molar-refractivity contribution in [2.24, 2.45) is 0 Å². The molecule has 0 spiro atoms. The molecule has 106 valence electrons. The molecule has 20 heavy (non-hydrogen) atoms. The van der Waals surface area contributed by atoms with Crippen LogP contribution in [0.2, 0.25) is 0 Å². The molecule has 5 nitrogen and oxygen atoms in total. The SMILES string of the molecule is CCn1nccc1CNC(C(=O)OC)c1ccccc1. The molecule has 1 aromatic heterocycles. The third-order valence-corrected chi connectivity index (χ3v) is 3.16. The van der Waals surface area contributed by atoms with Gasteiger partial charge in [0.1, 0.15) is 6.04 Å². The molecule has 0 aliphatic carbocycles. The van der Waals surface area contributed by atoms with Gasteiger partial charge in [-0.2, -0.15) is 5.10 Å². The highest BCUT2D eigenvalue weighted by molar-refractivity contribution is 5.77. The first-order chi connectivity index (χ1) is 9.76. The molecule has 0 radical (unpaired) electrons. The Kier molecular flexibility index (Phi) is 4.90. The number of nitrogens with zero attached hydrogens (tertiary/aromatic N) is 2. The zero-order chi connectivity index (χ0) is 14.4. The minimum Gasteiger partial charge on any atom is -0.468 e. The minimum atomic E-state index is -0.471. The molecule has 1 heterocycles. The number of rotatable bonds is 6. The monoisotopic (exact) mass is 273 g/mol. The number of hydrogen-bond acceptors (Lipinski definition) is 4. The Morgan fingerprint density at radius 3 is 2.75 bits per heavy atom. The van der Waals surface area contributed by atoms with Crippen molar-refractivity contribution in [3.05, 3.63) is 53.9 Å². The fourth-order valence-corrected chi connectivity index (χ4v) is 2.10. The highest BCUT2D eigenvalue weighted by Crippen LogP contribution is 2.15. The lowest BCUT2D eigenvalue weighted by molar-refractivity contribution is -0.143. The van der Waals surface area contributed by atoms with Crippen LogP contribution in [-0.4, -0.2) is 22.9 Å². The highest BCUT2D eigenvalue weighted by Gasteiger charge is 2.20. The number of methoxy groups -OCH3 is 1. The van der Waals surface area contributed by atoms with Gasteiger partial charge in [0, 0.05) is 19.3 Å². The Morgan fingerprint density at radius 2 is 2.10 bits per heavy atom. The molecule has 0 saturated carbocycles. The fourth-order valence-electron chi connectivity index (χ4n) is 2.10. The summed E-state index contributed by atoms with van der Waals surface area (Å²) in [6, 6.07) is 11.0. The number of aromatic nitrogens is 2. The number of aryl methyl sites for hydroxylation is 1. The van der Waals surface area contributed by atoms with E-state index in [0.29, 0.717) is 6.54 Å². The van der Waals surface area contributed by atoms with Crippen LogP contribution in [0.1, 0.15) is 24.2 Å². The number of carbonyl (C=O) groups is 1. The van der Waals surface area contributed by atoms with Gasteiger partial charge in [0.15, 0.2) is 0 Å². The Morgan fingerprint density at radius 1 is 1.35 bits per heavy atom. The zero-order valence-electron chi connectivity index (χ0n) is 11.7. The van der Waals surface area contributed by atoms with Gasteiger partial charge in [-0.1, -0.05) is 30.3 Å². The van der Waals surface area contributed by atoms with Crippen molar-refractivity contribution in [3.8, 4) is 0 Å². The Bertz CT molecular complexity index is 551. The van der Waals surface area contributed by atoms with E-state index in [1.165, 1.54) is 7.11 Å². The summed E-state index contributed by atoms with van der Waals surface area (Å²) in [5.74, 6) is -0.293. The van der Waals surface area contributed by atoms with E-state index in [1.54, 1.807) is 6.20 Å². The van der Waals surface area contributed by atoms with Crippen molar-refractivity contribution in [2.45, 2.75) is 26.1 Å². The fraction of sp³-hybridized carbons (Fsp3) is 0.333. The van der Waals surface area contributed by atoms with Crippen LogP contribution in [-0.2, 0) is 22.6 Å².